The first-order chi connectivity index (χ1) is 34.4. The van der Waals surface area contributed by atoms with Gasteiger partial charge in [-0.1, -0.05) is 0 Å². The highest BCUT2D eigenvalue weighted by atomic mass is 35.5. The number of alkyl carbamates (subject to hydrolysis) is 2. The van der Waals surface area contributed by atoms with E-state index in [1.54, 1.807) is 61.5 Å². The molecule has 5 heterocycles. The maximum Gasteiger partial charge on any atom is 0.408 e. The van der Waals surface area contributed by atoms with Crippen LogP contribution in [0.5, 0.6) is 0 Å². The van der Waals surface area contributed by atoms with Gasteiger partial charge in [0.15, 0.2) is 0 Å². The second kappa shape index (κ2) is 26.2. The minimum absolute atomic E-state index is 0.0398. The Morgan fingerprint density at radius 2 is 1.24 bits per heavy atom. The van der Waals surface area contributed by atoms with Crippen LogP contribution in [0.25, 0.3) is 11.6 Å². The zero-order valence-corrected chi connectivity index (χ0v) is 46.3. The zero-order chi connectivity index (χ0) is 57.0. The number of alkyl halides is 1. The van der Waals surface area contributed by atoms with Gasteiger partial charge in [0.05, 0.1) is 41.5 Å². The summed E-state index contributed by atoms with van der Waals surface area (Å²) in [5.41, 5.74) is 3.92. The minimum Gasteiger partial charge on any atom is -0.444 e. The highest BCUT2D eigenvalue weighted by Gasteiger charge is 2.37. The Morgan fingerprint density at radius 1 is 0.760 bits per heavy atom. The molecule has 420 valence electrons. The fourth-order valence-electron chi connectivity index (χ4n) is 6.43. The van der Waals surface area contributed by atoms with E-state index in [2.05, 4.69) is 36.6 Å². The number of aromatic amines is 1. The second-order valence-corrected chi connectivity index (χ2v) is 26.3. The van der Waals surface area contributed by atoms with Gasteiger partial charge in [0, 0.05) is 47.3 Å². The van der Waals surface area contributed by atoms with Crippen LogP contribution in [-0.4, -0.2) is 186 Å². The topological polar surface area (TPSA) is 350 Å². The van der Waals surface area contributed by atoms with Crippen molar-refractivity contribution in [3.8, 4) is 0 Å². The lowest BCUT2D eigenvalue weighted by Crippen LogP contribution is -2.45. The van der Waals surface area contributed by atoms with E-state index in [4.69, 9.17) is 30.7 Å². The highest BCUT2D eigenvalue weighted by molar-refractivity contribution is 7.91. The predicted octanol–water partition coefficient (Wildman–Crippen LogP) is 1.09. The largest absolute Gasteiger partial charge is 0.444 e. The second-order valence-electron chi connectivity index (χ2n) is 19.1. The van der Waals surface area contributed by atoms with E-state index in [1.807, 2.05) is 0 Å². The van der Waals surface area contributed by atoms with Crippen molar-refractivity contribution in [3.05, 3.63) is 52.1 Å². The standard InChI is InChI=1S/C22H23FN4O6S.C11H20N2O6S.C8H14N2O4.C3H7ClO2S/c1-11-17(9-15-14-8-13(23)4-5-16(14)25-20(15)28)24-12(2)19(11)21(29)26-18-10-33-27(22(18)30)6-7-34(3,31)32;1-11(2,3)19-10(15)12-8-7-18-13(9(8)14)5-6-20(4,16)17;1-8(2,3)14-7(12)9-5-4-13-10-6(5)11;1-7(5,6)3-2-4/h4-5,8-9,18,24H,6-7,10H2,1-3H3,(H,25,28)(H,26,29);8H,5-7H2,1-4H3,(H,12,15);5H,4H2,1-3H3,(H,9,12)(H,10,11);2-3H2,1H3/b15-9-;;;/t18-;8-;5-;/m111./s1. The summed E-state index contributed by atoms with van der Waals surface area (Å²) >= 11 is 5.11. The van der Waals surface area contributed by atoms with Crippen LogP contribution in [0.1, 0.15) is 74.4 Å². The van der Waals surface area contributed by atoms with Crippen molar-refractivity contribution >= 4 is 100 Å². The first-order valence-corrected chi connectivity index (χ1v) is 29.3. The first kappa shape index (κ1) is 63.4. The van der Waals surface area contributed by atoms with Crippen molar-refractivity contribution in [2.75, 3.05) is 80.1 Å². The Morgan fingerprint density at radius 3 is 1.67 bits per heavy atom. The number of H-pyrrole nitrogens is 1. The Labute approximate surface area is 439 Å². The normalized spacial score (nSPS) is 19.1. The van der Waals surface area contributed by atoms with Gasteiger partial charge >= 0.3 is 12.2 Å². The lowest BCUT2D eigenvalue weighted by molar-refractivity contribution is -0.160. The van der Waals surface area contributed by atoms with Gasteiger partial charge in [-0.3, -0.25) is 38.5 Å². The number of fused-ring (bicyclic) bond motifs is 1. The van der Waals surface area contributed by atoms with E-state index in [-0.39, 0.29) is 73.4 Å². The quantitative estimate of drug-likeness (QED) is 0.121. The maximum absolute atomic E-state index is 13.7. The van der Waals surface area contributed by atoms with Crippen molar-refractivity contribution in [2.45, 2.75) is 84.7 Å². The summed E-state index contributed by atoms with van der Waals surface area (Å²) in [7, 11) is -9.27. The van der Waals surface area contributed by atoms with Crippen LogP contribution in [0, 0.1) is 19.7 Å². The summed E-state index contributed by atoms with van der Waals surface area (Å²) < 4.78 is 88.7. The van der Waals surface area contributed by atoms with Crippen LogP contribution < -0.4 is 26.7 Å². The smallest absolute Gasteiger partial charge is 0.408 e. The number of sulfone groups is 3. The van der Waals surface area contributed by atoms with Crippen LogP contribution in [0.15, 0.2) is 18.2 Å². The fraction of sp³-hybridized carbons (Fsp3) is 0.568. The van der Waals surface area contributed by atoms with Crippen LogP contribution in [0.3, 0.4) is 0 Å². The molecule has 4 aliphatic rings. The molecule has 31 heteroatoms. The van der Waals surface area contributed by atoms with E-state index in [0.29, 0.717) is 33.8 Å². The molecule has 3 saturated heterocycles. The van der Waals surface area contributed by atoms with Crippen LogP contribution >= 0.6 is 11.6 Å². The molecule has 0 unspecified atom stereocenters. The lowest BCUT2D eigenvalue weighted by atomic mass is 10.0. The first-order valence-electron chi connectivity index (χ1n) is 22.6. The number of hydrogen-bond donors (Lipinski definition) is 6. The third kappa shape index (κ3) is 21.7. The molecule has 2 aromatic rings. The number of benzene rings is 1. The van der Waals surface area contributed by atoms with Crippen molar-refractivity contribution in [1.29, 1.82) is 0 Å². The molecule has 0 spiro atoms. The average Bonchev–Trinajstić information content (AvgIpc) is 4.04. The number of aromatic nitrogens is 1. The summed E-state index contributed by atoms with van der Waals surface area (Å²) in [5, 5.41) is 12.0. The van der Waals surface area contributed by atoms with E-state index in [1.165, 1.54) is 18.2 Å². The van der Waals surface area contributed by atoms with Crippen LogP contribution in [-0.2, 0) is 72.7 Å². The molecular formula is C44H64ClFN8O18S3. The Balaban J connectivity index is 0.000000305. The number of hydroxylamine groups is 5. The van der Waals surface area contributed by atoms with E-state index in [9.17, 15) is 63.2 Å². The van der Waals surface area contributed by atoms with Gasteiger partial charge in [0.25, 0.3) is 29.5 Å². The van der Waals surface area contributed by atoms with Crippen molar-refractivity contribution in [1.82, 2.24) is 36.5 Å². The summed E-state index contributed by atoms with van der Waals surface area (Å²) in [5.74, 6) is -2.96. The molecule has 75 heavy (non-hydrogen) atoms. The molecule has 3 atom stereocenters. The predicted molar refractivity (Wildman–Crippen MR) is 270 cm³/mol. The van der Waals surface area contributed by atoms with Crippen LogP contribution in [0.2, 0.25) is 0 Å². The molecule has 4 aliphatic heterocycles. The minimum atomic E-state index is -3.28. The number of ether oxygens (including phenoxy) is 2. The lowest BCUT2D eigenvalue weighted by Gasteiger charge is -2.20. The maximum atomic E-state index is 13.7. The Kier molecular flexibility index (Phi) is 22.2. The van der Waals surface area contributed by atoms with Gasteiger partial charge in [-0.25, -0.2) is 54.8 Å². The zero-order valence-electron chi connectivity index (χ0n) is 43.1. The number of nitrogens with one attached hydrogen (secondary N) is 6. The van der Waals surface area contributed by atoms with Gasteiger partial charge in [-0.05, 0) is 85.2 Å². The molecular weight excluding hydrogens is 1080 g/mol. The number of amides is 7. The van der Waals surface area contributed by atoms with Crippen molar-refractivity contribution < 1.29 is 87.2 Å². The summed E-state index contributed by atoms with van der Waals surface area (Å²) in [4.78, 5) is 101. The molecule has 6 N–H and O–H groups in total. The Bertz CT molecular complexity index is 2850. The number of nitrogens with zero attached hydrogens (tertiary/aromatic N) is 2. The summed E-state index contributed by atoms with van der Waals surface area (Å²) in [6.07, 6.45) is 3.50. The van der Waals surface area contributed by atoms with Gasteiger partial charge < -0.3 is 35.7 Å². The number of carbonyl (C=O) groups excluding carboxylic acids is 7. The van der Waals surface area contributed by atoms with Crippen molar-refractivity contribution in [3.63, 3.8) is 0 Å². The van der Waals surface area contributed by atoms with E-state index >= 15 is 0 Å². The summed E-state index contributed by atoms with van der Waals surface area (Å²) in [6.45, 7) is 13.5. The van der Waals surface area contributed by atoms with Crippen molar-refractivity contribution in [2.24, 2.45) is 0 Å². The molecule has 6 rings (SSSR count). The molecule has 0 radical (unpaired) electrons. The van der Waals surface area contributed by atoms with E-state index in [0.717, 1.165) is 28.9 Å². The molecule has 26 nitrogen and oxygen atoms in total. The van der Waals surface area contributed by atoms with Gasteiger partial charge in [0.2, 0.25) is 0 Å². The van der Waals surface area contributed by atoms with Gasteiger partial charge in [0.1, 0.15) is 84.5 Å². The molecule has 7 amide bonds. The molecule has 0 saturated carbocycles. The molecule has 3 fully saturated rings. The fourth-order valence-corrected chi connectivity index (χ4v) is 8.54. The number of aryl methyl sites for hydroxylation is 1. The van der Waals surface area contributed by atoms with E-state index < -0.39 is 94.6 Å². The summed E-state index contributed by atoms with van der Waals surface area (Å²) in [6, 6.07) is 1.52. The SMILES string of the molecule is CC(C)(C)OC(=O)N[C@@H]1CON(CCS(C)(=O)=O)C1=O.CC(C)(C)OC(=O)N[C@@H]1CONC1=O.CS(=O)(=O)CCCl.Cc1[nH]c(/C=C2\C(=O)Nc3ccc(F)cc32)c(C)c1C(=O)N[C@@H]1CON(CCS(C)(=O)=O)C1=O. The number of hydrogen-bond acceptors (Lipinski definition) is 18. The number of anilines is 1. The third-order valence-electron chi connectivity index (χ3n) is 9.84. The number of rotatable bonds is 13. The van der Waals surface area contributed by atoms with Gasteiger partial charge in [-0.15, -0.1) is 11.6 Å². The number of carbonyl (C=O) groups is 7. The third-order valence-corrected chi connectivity index (χ3v) is 13.1. The average molecular weight is 1140 g/mol. The Hall–Kier alpha value is -5.92. The number of halogens is 2. The molecule has 1 aromatic carbocycles. The van der Waals surface area contributed by atoms with Gasteiger partial charge in [-0.2, -0.15) is 0 Å². The molecule has 0 bridgehead atoms. The van der Waals surface area contributed by atoms with Crippen LogP contribution in [0.4, 0.5) is 19.7 Å². The monoisotopic (exact) mass is 1140 g/mol. The highest BCUT2D eigenvalue weighted by Crippen LogP contribution is 2.34. The molecule has 1 aromatic heterocycles. The molecule has 0 aliphatic carbocycles.